The zero-order valence-electron chi connectivity index (χ0n) is 8.97. The molecule has 6 heteroatoms. The largest absolute Gasteiger partial charge is 0.338 e. The third-order valence-electron chi connectivity index (χ3n) is 2.03. The van der Waals surface area contributed by atoms with Crippen LogP contribution in [-0.4, -0.2) is 16.0 Å². The maximum absolute atomic E-state index is 11.7. The molecule has 84 valence electrons. The number of nitrogens with one attached hydrogen (secondary N) is 1. The van der Waals surface area contributed by atoms with E-state index in [4.69, 9.17) is 9.78 Å². The molecule has 1 aromatic carbocycles. The summed E-state index contributed by atoms with van der Waals surface area (Å²) in [4.78, 5) is 15.6. The van der Waals surface area contributed by atoms with Crippen molar-refractivity contribution in [1.29, 1.82) is 5.26 Å². The highest BCUT2D eigenvalue weighted by Crippen LogP contribution is 2.07. The van der Waals surface area contributed by atoms with Gasteiger partial charge in [-0.1, -0.05) is 0 Å². The molecule has 0 spiro atoms. The Morgan fingerprint density at radius 1 is 1.41 bits per heavy atom. The summed E-state index contributed by atoms with van der Waals surface area (Å²) in [5.41, 5.74) is 0.920. The Morgan fingerprint density at radius 3 is 2.65 bits per heavy atom. The molecule has 6 nitrogen and oxygen atoms in total. The molecule has 0 aliphatic heterocycles. The van der Waals surface area contributed by atoms with Gasteiger partial charge >= 0.3 is 0 Å². The van der Waals surface area contributed by atoms with E-state index in [0.29, 0.717) is 17.0 Å². The van der Waals surface area contributed by atoms with Gasteiger partial charge in [0, 0.05) is 12.5 Å². The number of carbonyl (C=O) groups is 1. The molecule has 0 saturated heterocycles. The van der Waals surface area contributed by atoms with Crippen molar-refractivity contribution in [2.45, 2.75) is 6.92 Å². The van der Waals surface area contributed by atoms with E-state index in [2.05, 4.69) is 15.5 Å². The number of rotatable bonds is 2. The van der Waals surface area contributed by atoms with Gasteiger partial charge in [0.25, 0.3) is 11.9 Å². The van der Waals surface area contributed by atoms with Crippen LogP contribution < -0.4 is 5.32 Å². The van der Waals surface area contributed by atoms with E-state index in [1.165, 1.54) is 0 Å². The van der Waals surface area contributed by atoms with Crippen LogP contribution in [0.25, 0.3) is 0 Å². The summed E-state index contributed by atoms with van der Waals surface area (Å²) in [5.74, 6) is 0.146. The smallest absolute Gasteiger partial charge is 0.270 e. The summed E-state index contributed by atoms with van der Waals surface area (Å²) < 4.78 is 4.72. The Hall–Kier alpha value is -2.68. The third-order valence-corrected chi connectivity index (χ3v) is 2.03. The molecule has 0 bridgehead atoms. The summed E-state index contributed by atoms with van der Waals surface area (Å²) in [7, 11) is 0. The first kappa shape index (κ1) is 10.8. The van der Waals surface area contributed by atoms with Gasteiger partial charge in [-0.15, -0.1) is 0 Å². The molecular weight excluding hydrogens is 220 g/mol. The molecule has 0 fully saturated rings. The molecule has 1 amide bonds. The van der Waals surface area contributed by atoms with Crippen LogP contribution in [-0.2, 0) is 0 Å². The second kappa shape index (κ2) is 4.45. The average Bonchev–Trinajstić information content (AvgIpc) is 2.75. The fourth-order valence-corrected chi connectivity index (χ4v) is 1.22. The number of carbonyl (C=O) groups excluding carboxylic acids is 1. The lowest BCUT2D eigenvalue weighted by molar-refractivity contribution is 0.102. The number of anilines is 1. The lowest BCUT2D eigenvalue weighted by atomic mass is 10.1. The van der Waals surface area contributed by atoms with Crippen LogP contribution in [0.15, 0.2) is 28.8 Å². The molecule has 0 atom stereocenters. The van der Waals surface area contributed by atoms with Crippen LogP contribution in [0.5, 0.6) is 0 Å². The van der Waals surface area contributed by atoms with Crippen LogP contribution in [0.2, 0.25) is 0 Å². The number of amides is 1. The highest BCUT2D eigenvalue weighted by molar-refractivity contribution is 6.03. The van der Waals surface area contributed by atoms with Gasteiger partial charge in [-0.25, -0.2) is 0 Å². The molecular formula is C11H8N4O2. The van der Waals surface area contributed by atoms with E-state index in [9.17, 15) is 4.79 Å². The number of nitrogens with zero attached hydrogens (tertiary/aromatic N) is 3. The zero-order chi connectivity index (χ0) is 12.3. The fourth-order valence-electron chi connectivity index (χ4n) is 1.22. The molecule has 0 aliphatic carbocycles. The minimum Gasteiger partial charge on any atom is -0.338 e. The number of benzene rings is 1. The van der Waals surface area contributed by atoms with E-state index in [1.807, 2.05) is 6.07 Å². The summed E-state index contributed by atoms with van der Waals surface area (Å²) in [6, 6.07) is 8.22. The predicted molar refractivity (Wildman–Crippen MR) is 58.1 cm³/mol. The standard InChI is InChI=1S/C11H8N4O2/c1-7-13-11(15-17-7)14-10(16)9-4-2-8(6-12)3-5-9/h2-5H,1H3,(H,14,15,16). The Kier molecular flexibility index (Phi) is 2.83. The van der Waals surface area contributed by atoms with Crippen molar-refractivity contribution in [1.82, 2.24) is 10.1 Å². The van der Waals surface area contributed by atoms with E-state index in [-0.39, 0.29) is 11.9 Å². The fraction of sp³-hybridized carbons (Fsp3) is 0.0909. The third kappa shape index (κ3) is 2.46. The molecule has 1 heterocycles. The minimum absolute atomic E-state index is 0.122. The summed E-state index contributed by atoms with van der Waals surface area (Å²) >= 11 is 0. The summed E-state index contributed by atoms with van der Waals surface area (Å²) in [5, 5.41) is 14.6. The van der Waals surface area contributed by atoms with Crippen molar-refractivity contribution < 1.29 is 9.32 Å². The van der Waals surface area contributed by atoms with Crippen molar-refractivity contribution in [2.24, 2.45) is 0 Å². The van der Waals surface area contributed by atoms with Gasteiger partial charge in [0.2, 0.25) is 5.89 Å². The van der Waals surface area contributed by atoms with E-state index in [1.54, 1.807) is 31.2 Å². The van der Waals surface area contributed by atoms with Gasteiger partial charge in [-0.2, -0.15) is 10.2 Å². The molecule has 1 N–H and O–H groups in total. The van der Waals surface area contributed by atoms with E-state index in [0.717, 1.165) is 0 Å². The van der Waals surface area contributed by atoms with Crippen molar-refractivity contribution in [3.8, 4) is 6.07 Å². The maximum Gasteiger partial charge on any atom is 0.270 e. The second-order valence-electron chi connectivity index (χ2n) is 3.28. The SMILES string of the molecule is Cc1nc(NC(=O)c2ccc(C#N)cc2)no1. The first-order chi connectivity index (χ1) is 8.19. The molecule has 0 aliphatic rings. The van der Waals surface area contributed by atoms with Gasteiger partial charge in [-0.3, -0.25) is 10.1 Å². The normalized spacial score (nSPS) is 9.65. The quantitative estimate of drug-likeness (QED) is 0.840. The number of hydrogen-bond acceptors (Lipinski definition) is 5. The number of aryl methyl sites for hydroxylation is 1. The molecule has 17 heavy (non-hydrogen) atoms. The Labute approximate surface area is 96.9 Å². The molecule has 1 aromatic heterocycles. The zero-order valence-corrected chi connectivity index (χ0v) is 8.97. The topological polar surface area (TPSA) is 91.8 Å². The van der Waals surface area contributed by atoms with Crippen LogP contribution in [0.1, 0.15) is 21.8 Å². The Bertz CT molecular complexity index is 580. The molecule has 2 aromatic rings. The first-order valence-corrected chi connectivity index (χ1v) is 4.81. The van der Waals surface area contributed by atoms with Crippen molar-refractivity contribution in [3.05, 3.63) is 41.3 Å². The van der Waals surface area contributed by atoms with Crippen molar-refractivity contribution >= 4 is 11.9 Å². The first-order valence-electron chi connectivity index (χ1n) is 4.81. The van der Waals surface area contributed by atoms with E-state index < -0.39 is 0 Å². The lowest BCUT2D eigenvalue weighted by Crippen LogP contribution is -2.12. The number of nitriles is 1. The molecule has 0 saturated carbocycles. The Balaban J connectivity index is 2.12. The summed E-state index contributed by atoms with van der Waals surface area (Å²) in [6.45, 7) is 1.63. The van der Waals surface area contributed by atoms with Crippen LogP contribution in [0.3, 0.4) is 0 Å². The molecule has 0 unspecified atom stereocenters. The summed E-state index contributed by atoms with van der Waals surface area (Å²) in [6.07, 6.45) is 0. The predicted octanol–water partition coefficient (Wildman–Crippen LogP) is 1.50. The van der Waals surface area contributed by atoms with Crippen molar-refractivity contribution in [3.63, 3.8) is 0 Å². The van der Waals surface area contributed by atoms with Crippen molar-refractivity contribution in [2.75, 3.05) is 5.32 Å². The Morgan fingerprint density at radius 2 is 2.12 bits per heavy atom. The highest BCUT2D eigenvalue weighted by Gasteiger charge is 2.09. The van der Waals surface area contributed by atoms with Gasteiger partial charge < -0.3 is 4.52 Å². The van der Waals surface area contributed by atoms with Crippen LogP contribution >= 0.6 is 0 Å². The van der Waals surface area contributed by atoms with Crippen LogP contribution in [0, 0.1) is 18.3 Å². The van der Waals surface area contributed by atoms with Crippen LogP contribution in [0.4, 0.5) is 5.95 Å². The van der Waals surface area contributed by atoms with Gasteiger partial charge in [-0.05, 0) is 29.4 Å². The number of aromatic nitrogens is 2. The van der Waals surface area contributed by atoms with Gasteiger partial charge in [0.1, 0.15) is 0 Å². The van der Waals surface area contributed by atoms with Gasteiger partial charge in [0.15, 0.2) is 0 Å². The highest BCUT2D eigenvalue weighted by atomic mass is 16.5. The number of hydrogen-bond donors (Lipinski definition) is 1. The molecule has 0 radical (unpaired) electrons. The maximum atomic E-state index is 11.7. The molecule has 2 rings (SSSR count). The lowest BCUT2D eigenvalue weighted by Gasteiger charge is -1.99. The van der Waals surface area contributed by atoms with Gasteiger partial charge in [0.05, 0.1) is 11.6 Å². The monoisotopic (exact) mass is 228 g/mol. The average molecular weight is 228 g/mol. The second-order valence-corrected chi connectivity index (χ2v) is 3.28. The minimum atomic E-state index is -0.352. The van der Waals surface area contributed by atoms with E-state index >= 15 is 0 Å².